The number of benzene rings is 1. The van der Waals surface area contributed by atoms with Gasteiger partial charge in [-0.25, -0.2) is 4.98 Å². The summed E-state index contributed by atoms with van der Waals surface area (Å²) in [6.07, 6.45) is 0. The Kier molecular flexibility index (Phi) is 2.07. The van der Waals surface area contributed by atoms with E-state index in [0.29, 0.717) is 6.04 Å². The van der Waals surface area contributed by atoms with E-state index >= 15 is 0 Å². The van der Waals surface area contributed by atoms with Gasteiger partial charge in [0, 0.05) is 17.6 Å². The van der Waals surface area contributed by atoms with Gasteiger partial charge in [-0.2, -0.15) is 0 Å². The Hall–Kier alpha value is -0.870. The zero-order valence-corrected chi connectivity index (χ0v) is 10.1. The minimum Gasteiger partial charge on any atom is -0.325 e. The Labute approximate surface area is 96.6 Å². The summed E-state index contributed by atoms with van der Waals surface area (Å²) in [5, 5.41) is 3.42. The molecule has 1 aromatic carbocycles. The van der Waals surface area contributed by atoms with Crippen LogP contribution in [0.1, 0.15) is 18.8 Å². The molecule has 1 atom stereocenters. The highest BCUT2D eigenvalue weighted by Crippen LogP contribution is 2.25. The number of nitrogens with one attached hydrogen (secondary N) is 1. The van der Waals surface area contributed by atoms with Crippen LogP contribution in [0, 0.1) is 0 Å². The average Bonchev–Trinajstić information content (AvgIpc) is 2.57. The highest BCUT2D eigenvalue weighted by Gasteiger charge is 2.19. The Bertz CT molecular complexity index is 518. The number of hydrogen-bond acceptors (Lipinski definition) is 2. The monoisotopic (exact) mass is 265 g/mol. The highest BCUT2D eigenvalue weighted by molar-refractivity contribution is 9.10. The zero-order chi connectivity index (χ0) is 10.4. The molecule has 0 radical (unpaired) electrons. The van der Waals surface area contributed by atoms with Gasteiger partial charge >= 0.3 is 0 Å². The molecule has 2 heterocycles. The van der Waals surface area contributed by atoms with Gasteiger partial charge in [0.2, 0.25) is 0 Å². The Morgan fingerprint density at radius 2 is 2.40 bits per heavy atom. The molecule has 3 rings (SSSR count). The molecule has 15 heavy (non-hydrogen) atoms. The van der Waals surface area contributed by atoms with E-state index in [0.717, 1.165) is 28.9 Å². The van der Waals surface area contributed by atoms with Crippen molar-refractivity contribution in [2.45, 2.75) is 19.5 Å². The van der Waals surface area contributed by atoms with Gasteiger partial charge in [0.15, 0.2) is 0 Å². The summed E-state index contributed by atoms with van der Waals surface area (Å²) in [7, 11) is 0. The van der Waals surface area contributed by atoms with Crippen LogP contribution in [-0.4, -0.2) is 16.1 Å². The maximum absolute atomic E-state index is 4.67. The summed E-state index contributed by atoms with van der Waals surface area (Å²) in [6, 6.07) is 6.63. The molecular formula is C11H12BrN3. The molecule has 0 fully saturated rings. The molecule has 4 heteroatoms. The largest absolute Gasteiger partial charge is 0.325 e. The fraction of sp³-hybridized carbons (Fsp3) is 0.364. The molecular weight excluding hydrogens is 254 g/mol. The second-order valence-electron chi connectivity index (χ2n) is 3.93. The number of imidazole rings is 1. The van der Waals surface area contributed by atoms with E-state index in [1.807, 2.05) is 0 Å². The SMILES string of the molecule is C[C@H]1NCCn2c1nc1cc(Br)ccc12. The first-order valence-electron chi connectivity index (χ1n) is 5.15. The minimum atomic E-state index is 0.352. The van der Waals surface area contributed by atoms with Crippen LogP contribution in [0.25, 0.3) is 11.0 Å². The first-order chi connectivity index (χ1) is 7.25. The second kappa shape index (κ2) is 3.32. The van der Waals surface area contributed by atoms with E-state index in [2.05, 4.69) is 55.9 Å². The lowest BCUT2D eigenvalue weighted by atomic mass is 10.2. The first-order valence-corrected chi connectivity index (χ1v) is 5.94. The van der Waals surface area contributed by atoms with E-state index in [-0.39, 0.29) is 0 Å². The van der Waals surface area contributed by atoms with Gasteiger partial charge in [0.25, 0.3) is 0 Å². The maximum atomic E-state index is 4.67. The van der Waals surface area contributed by atoms with Gasteiger partial charge in [-0.15, -0.1) is 0 Å². The van der Waals surface area contributed by atoms with E-state index in [1.165, 1.54) is 5.52 Å². The highest BCUT2D eigenvalue weighted by atomic mass is 79.9. The summed E-state index contributed by atoms with van der Waals surface area (Å²) < 4.78 is 3.40. The lowest BCUT2D eigenvalue weighted by molar-refractivity contribution is 0.443. The van der Waals surface area contributed by atoms with Crippen molar-refractivity contribution in [2.24, 2.45) is 0 Å². The number of fused-ring (bicyclic) bond motifs is 3. The van der Waals surface area contributed by atoms with Crippen molar-refractivity contribution < 1.29 is 0 Å². The quantitative estimate of drug-likeness (QED) is 0.793. The van der Waals surface area contributed by atoms with Crippen LogP contribution in [0.5, 0.6) is 0 Å². The van der Waals surface area contributed by atoms with Crippen LogP contribution >= 0.6 is 15.9 Å². The predicted octanol–water partition coefficient (Wildman–Crippen LogP) is 2.46. The van der Waals surface area contributed by atoms with Gasteiger partial charge < -0.3 is 9.88 Å². The van der Waals surface area contributed by atoms with Crippen LogP contribution in [0.2, 0.25) is 0 Å². The van der Waals surface area contributed by atoms with Crippen LogP contribution in [0.15, 0.2) is 22.7 Å². The topological polar surface area (TPSA) is 29.9 Å². The number of halogens is 1. The fourth-order valence-electron chi connectivity index (χ4n) is 2.17. The Morgan fingerprint density at radius 1 is 1.53 bits per heavy atom. The summed E-state index contributed by atoms with van der Waals surface area (Å²) in [4.78, 5) is 4.67. The molecule has 0 unspecified atom stereocenters. The molecule has 0 saturated heterocycles. The molecule has 1 aromatic heterocycles. The zero-order valence-electron chi connectivity index (χ0n) is 8.50. The lowest BCUT2D eigenvalue weighted by Gasteiger charge is -2.21. The van der Waals surface area contributed by atoms with Crippen LogP contribution < -0.4 is 5.32 Å². The van der Waals surface area contributed by atoms with Crippen molar-refractivity contribution in [3.05, 3.63) is 28.5 Å². The molecule has 0 amide bonds. The standard InChI is InChI=1S/C11H12BrN3/c1-7-11-14-9-6-8(12)2-3-10(9)15(11)5-4-13-7/h2-3,6-7,13H,4-5H2,1H3/t7-/m1/s1. The van der Waals surface area contributed by atoms with E-state index in [9.17, 15) is 0 Å². The van der Waals surface area contributed by atoms with Gasteiger partial charge in [-0.05, 0) is 25.1 Å². The third-order valence-corrected chi connectivity index (χ3v) is 3.41. The van der Waals surface area contributed by atoms with Gasteiger partial charge in [0.1, 0.15) is 5.82 Å². The van der Waals surface area contributed by atoms with Crippen molar-refractivity contribution in [1.82, 2.24) is 14.9 Å². The van der Waals surface area contributed by atoms with Gasteiger partial charge in [-0.3, -0.25) is 0 Å². The molecule has 1 N–H and O–H groups in total. The summed E-state index contributed by atoms with van der Waals surface area (Å²) in [5.41, 5.74) is 2.32. The molecule has 78 valence electrons. The van der Waals surface area contributed by atoms with Gasteiger partial charge in [0.05, 0.1) is 17.1 Å². The summed E-state index contributed by atoms with van der Waals surface area (Å²) in [6.45, 7) is 4.19. The average molecular weight is 266 g/mol. The number of rotatable bonds is 0. The lowest BCUT2D eigenvalue weighted by Crippen LogP contribution is -2.31. The van der Waals surface area contributed by atoms with E-state index in [1.54, 1.807) is 0 Å². The van der Waals surface area contributed by atoms with Crippen molar-refractivity contribution in [2.75, 3.05) is 6.54 Å². The summed E-state index contributed by atoms with van der Waals surface area (Å²) in [5.74, 6) is 1.15. The molecule has 2 aromatic rings. The van der Waals surface area contributed by atoms with Crippen LogP contribution in [0.3, 0.4) is 0 Å². The van der Waals surface area contributed by atoms with Crippen molar-refractivity contribution in [1.29, 1.82) is 0 Å². The second-order valence-corrected chi connectivity index (χ2v) is 4.85. The van der Waals surface area contributed by atoms with Crippen LogP contribution in [0.4, 0.5) is 0 Å². The Morgan fingerprint density at radius 3 is 3.27 bits per heavy atom. The minimum absolute atomic E-state index is 0.352. The predicted molar refractivity (Wildman–Crippen MR) is 63.9 cm³/mol. The molecule has 0 saturated carbocycles. The van der Waals surface area contributed by atoms with E-state index < -0.39 is 0 Å². The third-order valence-electron chi connectivity index (χ3n) is 2.91. The van der Waals surface area contributed by atoms with Crippen molar-refractivity contribution in [3.63, 3.8) is 0 Å². The number of hydrogen-bond donors (Lipinski definition) is 1. The number of nitrogens with zero attached hydrogens (tertiary/aromatic N) is 2. The third kappa shape index (κ3) is 1.40. The number of aromatic nitrogens is 2. The van der Waals surface area contributed by atoms with Gasteiger partial charge in [-0.1, -0.05) is 15.9 Å². The van der Waals surface area contributed by atoms with Crippen molar-refractivity contribution in [3.8, 4) is 0 Å². The molecule has 3 nitrogen and oxygen atoms in total. The van der Waals surface area contributed by atoms with Crippen molar-refractivity contribution >= 4 is 27.0 Å². The molecule has 1 aliphatic heterocycles. The smallest absolute Gasteiger partial charge is 0.126 e. The first kappa shape index (κ1) is 9.36. The normalized spacial score (nSPS) is 20.5. The molecule has 0 aliphatic carbocycles. The van der Waals surface area contributed by atoms with E-state index in [4.69, 9.17) is 0 Å². The maximum Gasteiger partial charge on any atom is 0.126 e. The molecule has 0 bridgehead atoms. The molecule has 0 spiro atoms. The molecule has 1 aliphatic rings. The fourth-order valence-corrected chi connectivity index (χ4v) is 2.52. The summed E-state index contributed by atoms with van der Waals surface area (Å²) >= 11 is 3.48. The van der Waals surface area contributed by atoms with Crippen LogP contribution in [-0.2, 0) is 6.54 Å². The Balaban J connectivity index is 2.30.